The summed E-state index contributed by atoms with van der Waals surface area (Å²) in [4.78, 5) is 3.66. The first-order chi connectivity index (χ1) is 9.34. The predicted octanol–water partition coefficient (Wildman–Crippen LogP) is 1.82. The molecule has 0 radical (unpaired) electrons. The van der Waals surface area contributed by atoms with Gasteiger partial charge in [0.05, 0.1) is 6.10 Å². The van der Waals surface area contributed by atoms with Crippen LogP contribution in [0.25, 0.3) is 0 Å². The summed E-state index contributed by atoms with van der Waals surface area (Å²) in [5.74, 6) is 1.04. The standard InChI is InChI=1S/C15H24N2OS/c18-14(13-17-9-4-5-10-17)12-16-8-11-19-15-6-2-1-3-7-15/h1-3,6-7,14,16,18H,4-5,8-13H2. The zero-order valence-electron chi connectivity index (χ0n) is 11.4. The number of likely N-dealkylation sites (tertiary alicyclic amines) is 1. The molecule has 1 aliphatic rings. The molecule has 0 saturated carbocycles. The Bertz CT molecular complexity index is 341. The van der Waals surface area contributed by atoms with E-state index in [0.717, 1.165) is 31.9 Å². The van der Waals surface area contributed by atoms with Crippen molar-refractivity contribution >= 4 is 11.8 Å². The Morgan fingerprint density at radius 2 is 1.95 bits per heavy atom. The van der Waals surface area contributed by atoms with Crippen LogP contribution < -0.4 is 5.32 Å². The van der Waals surface area contributed by atoms with Crippen LogP contribution in [0.1, 0.15) is 12.8 Å². The summed E-state index contributed by atoms with van der Waals surface area (Å²) in [6, 6.07) is 10.4. The lowest BCUT2D eigenvalue weighted by atomic mass is 10.3. The maximum atomic E-state index is 9.91. The lowest BCUT2D eigenvalue weighted by Crippen LogP contribution is -2.37. The summed E-state index contributed by atoms with van der Waals surface area (Å²) >= 11 is 1.85. The van der Waals surface area contributed by atoms with Gasteiger partial charge >= 0.3 is 0 Å². The third kappa shape index (κ3) is 5.95. The van der Waals surface area contributed by atoms with Gasteiger partial charge in [-0.25, -0.2) is 0 Å². The molecule has 19 heavy (non-hydrogen) atoms. The summed E-state index contributed by atoms with van der Waals surface area (Å²) < 4.78 is 0. The van der Waals surface area contributed by atoms with Gasteiger partial charge in [-0.1, -0.05) is 18.2 Å². The lowest BCUT2D eigenvalue weighted by Gasteiger charge is -2.19. The summed E-state index contributed by atoms with van der Waals surface area (Å²) in [6.07, 6.45) is 2.33. The van der Waals surface area contributed by atoms with Crippen molar-refractivity contribution in [3.63, 3.8) is 0 Å². The van der Waals surface area contributed by atoms with Crippen LogP contribution in [0.3, 0.4) is 0 Å². The second-order valence-electron chi connectivity index (χ2n) is 5.03. The molecule has 0 bridgehead atoms. The number of rotatable bonds is 8. The molecular weight excluding hydrogens is 256 g/mol. The molecule has 2 N–H and O–H groups in total. The monoisotopic (exact) mass is 280 g/mol. The van der Waals surface area contributed by atoms with E-state index in [1.807, 2.05) is 17.8 Å². The molecule has 0 aliphatic carbocycles. The third-order valence-corrected chi connectivity index (χ3v) is 4.35. The van der Waals surface area contributed by atoms with E-state index in [1.165, 1.54) is 17.7 Å². The molecule has 0 amide bonds. The van der Waals surface area contributed by atoms with Crippen molar-refractivity contribution in [1.82, 2.24) is 10.2 Å². The highest BCUT2D eigenvalue weighted by Gasteiger charge is 2.15. The zero-order chi connectivity index (χ0) is 13.3. The van der Waals surface area contributed by atoms with Gasteiger partial charge in [0.2, 0.25) is 0 Å². The van der Waals surface area contributed by atoms with Crippen LogP contribution >= 0.6 is 11.8 Å². The molecule has 1 atom stereocenters. The second kappa shape index (κ2) is 8.59. The van der Waals surface area contributed by atoms with Gasteiger partial charge in [-0.2, -0.15) is 0 Å². The van der Waals surface area contributed by atoms with Crippen molar-refractivity contribution in [2.45, 2.75) is 23.8 Å². The number of hydrogen-bond donors (Lipinski definition) is 2. The third-order valence-electron chi connectivity index (χ3n) is 3.34. The van der Waals surface area contributed by atoms with Gasteiger partial charge in [-0.05, 0) is 38.1 Å². The van der Waals surface area contributed by atoms with Crippen molar-refractivity contribution in [2.24, 2.45) is 0 Å². The van der Waals surface area contributed by atoms with Crippen LogP contribution in [0.2, 0.25) is 0 Å². The minimum absolute atomic E-state index is 0.236. The van der Waals surface area contributed by atoms with Gasteiger partial charge in [0, 0.05) is 30.3 Å². The summed E-state index contributed by atoms with van der Waals surface area (Å²) in [6.45, 7) is 4.77. The average molecular weight is 280 g/mol. The molecule has 1 saturated heterocycles. The first kappa shape index (κ1) is 14.9. The summed E-state index contributed by atoms with van der Waals surface area (Å²) in [5.41, 5.74) is 0. The topological polar surface area (TPSA) is 35.5 Å². The molecule has 1 aromatic carbocycles. The first-order valence-corrected chi connectivity index (χ1v) is 8.12. The molecule has 1 aromatic rings. The van der Waals surface area contributed by atoms with Crippen molar-refractivity contribution in [2.75, 3.05) is 38.5 Å². The maximum Gasteiger partial charge on any atom is 0.0791 e. The number of aliphatic hydroxyl groups is 1. The fourth-order valence-electron chi connectivity index (χ4n) is 2.35. The van der Waals surface area contributed by atoms with Gasteiger partial charge < -0.3 is 15.3 Å². The molecule has 3 nitrogen and oxygen atoms in total. The molecule has 1 fully saturated rings. The highest BCUT2D eigenvalue weighted by molar-refractivity contribution is 7.99. The van der Waals surface area contributed by atoms with Gasteiger partial charge in [-0.3, -0.25) is 0 Å². The molecule has 0 spiro atoms. The largest absolute Gasteiger partial charge is 0.390 e. The Kier molecular flexibility index (Phi) is 6.71. The molecule has 1 aliphatic heterocycles. The molecular formula is C15H24N2OS. The van der Waals surface area contributed by atoms with Crippen molar-refractivity contribution in [3.8, 4) is 0 Å². The van der Waals surface area contributed by atoms with E-state index in [2.05, 4.69) is 34.5 Å². The minimum atomic E-state index is -0.236. The minimum Gasteiger partial charge on any atom is -0.390 e. The normalized spacial score (nSPS) is 17.7. The second-order valence-corrected chi connectivity index (χ2v) is 6.20. The van der Waals surface area contributed by atoms with E-state index in [9.17, 15) is 5.11 Å². The quantitative estimate of drug-likeness (QED) is 0.562. The number of nitrogens with zero attached hydrogens (tertiary/aromatic N) is 1. The van der Waals surface area contributed by atoms with Crippen molar-refractivity contribution in [1.29, 1.82) is 0 Å². The van der Waals surface area contributed by atoms with Crippen LogP contribution in [0.15, 0.2) is 35.2 Å². The fourth-order valence-corrected chi connectivity index (χ4v) is 3.19. The zero-order valence-corrected chi connectivity index (χ0v) is 12.2. The molecule has 106 valence electrons. The van der Waals surface area contributed by atoms with Gasteiger partial charge in [0.15, 0.2) is 0 Å². The first-order valence-electron chi connectivity index (χ1n) is 7.13. The average Bonchev–Trinajstić information content (AvgIpc) is 2.92. The SMILES string of the molecule is OC(CNCCSc1ccccc1)CN1CCCC1. The Balaban J connectivity index is 1.49. The van der Waals surface area contributed by atoms with E-state index >= 15 is 0 Å². The number of nitrogens with one attached hydrogen (secondary N) is 1. The Labute approximate surface area is 120 Å². The summed E-state index contributed by atoms with van der Waals surface area (Å²) in [7, 11) is 0. The van der Waals surface area contributed by atoms with Crippen LogP contribution in [0.4, 0.5) is 0 Å². The predicted molar refractivity (Wildman–Crippen MR) is 81.7 cm³/mol. The Hall–Kier alpha value is -0.550. The van der Waals surface area contributed by atoms with E-state index in [4.69, 9.17) is 0 Å². The van der Waals surface area contributed by atoms with Gasteiger partial charge in [0.25, 0.3) is 0 Å². The Morgan fingerprint density at radius 1 is 1.21 bits per heavy atom. The maximum absolute atomic E-state index is 9.91. The van der Waals surface area contributed by atoms with Crippen LogP contribution in [0, 0.1) is 0 Å². The number of benzene rings is 1. The van der Waals surface area contributed by atoms with Crippen molar-refractivity contribution < 1.29 is 5.11 Å². The van der Waals surface area contributed by atoms with Crippen LogP contribution in [-0.2, 0) is 0 Å². The van der Waals surface area contributed by atoms with Crippen LogP contribution in [-0.4, -0.2) is 54.6 Å². The number of hydrogen-bond acceptors (Lipinski definition) is 4. The van der Waals surface area contributed by atoms with Crippen molar-refractivity contribution in [3.05, 3.63) is 30.3 Å². The molecule has 1 heterocycles. The van der Waals surface area contributed by atoms with Gasteiger partial charge in [0.1, 0.15) is 0 Å². The number of thioether (sulfide) groups is 1. The fraction of sp³-hybridized carbons (Fsp3) is 0.600. The van der Waals surface area contributed by atoms with E-state index < -0.39 is 0 Å². The molecule has 1 unspecified atom stereocenters. The van der Waals surface area contributed by atoms with E-state index in [1.54, 1.807) is 0 Å². The van der Waals surface area contributed by atoms with Gasteiger partial charge in [-0.15, -0.1) is 11.8 Å². The molecule has 2 rings (SSSR count). The van der Waals surface area contributed by atoms with E-state index in [0.29, 0.717) is 6.54 Å². The Morgan fingerprint density at radius 3 is 2.68 bits per heavy atom. The molecule has 4 heteroatoms. The highest BCUT2D eigenvalue weighted by atomic mass is 32.2. The molecule has 0 aromatic heterocycles. The highest BCUT2D eigenvalue weighted by Crippen LogP contribution is 2.15. The van der Waals surface area contributed by atoms with Crippen LogP contribution in [0.5, 0.6) is 0 Å². The smallest absolute Gasteiger partial charge is 0.0791 e. The van der Waals surface area contributed by atoms with E-state index in [-0.39, 0.29) is 6.10 Å². The summed E-state index contributed by atoms with van der Waals surface area (Å²) in [5, 5.41) is 13.2. The lowest BCUT2D eigenvalue weighted by molar-refractivity contribution is 0.124. The number of β-amino-alcohol motifs (C(OH)–C–C–N with tert-alkyl or cyclic N) is 1. The number of aliphatic hydroxyl groups excluding tert-OH is 1.